The fourth-order valence-electron chi connectivity index (χ4n) is 1.54. The minimum Gasteiger partial charge on any atom is -0.248 e. The molecule has 0 aliphatic heterocycles. The van der Waals surface area contributed by atoms with Gasteiger partial charge in [-0.15, -0.1) is 0 Å². The van der Waals surface area contributed by atoms with Crippen molar-refractivity contribution in [2.45, 2.75) is 45.2 Å². The van der Waals surface area contributed by atoms with E-state index in [1.165, 1.54) is 6.07 Å². The van der Waals surface area contributed by atoms with Crippen LogP contribution in [0.2, 0.25) is 0 Å². The van der Waals surface area contributed by atoms with Crippen LogP contribution in [-0.2, 0) is 6.18 Å². The molecule has 1 unspecified atom stereocenters. The Morgan fingerprint density at radius 2 is 2.00 bits per heavy atom. The summed E-state index contributed by atoms with van der Waals surface area (Å²) in [5.41, 5.74) is -0.267. The zero-order chi connectivity index (χ0) is 12.2. The summed E-state index contributed by atoms with van der Waals surface area (Å²) in [5.74, 6) is 0.0854. The van der Waals surface area contributed by atoms with E-state index in [1.54, 1.807) is 6.07 Å². The summed E-state index contributed by atoms with van der Waals surface area (Å²) in [4.78, 5) is 3.67. The fraction of sp³-hybridized carbons (Fsp3) is 0.583. The molecule has 1 nitrogen and oxygen atoms in total. The summed E-state index contributed by atoms with van der Waals surface area (Å²) in [5, 5.41) is 0. The van der Waals surface area contributed by atoms with Gasteiger partial charge < -0.3 is 0 Å². The summed E-state index contributed by atoms with van der Waals surface area (Å²) in [6.45, 7) is 3.98. The van der Waals surface area contributed by atoms with Crippen molar-refractivity contribution in [3.05, 3.63) is 29.6 Å². The van der Waals surface area contributed by atoms with Gasteiger partial charge in [-0.2, -0.15) is 13.2 Å². The number of pyridine rings is 1. The van der Waals surface area contributed by atoms with Gasteiger partial charge in [0.25, 0.3) is 0 Å². The van der Waals surface area contributed by atoms with Crippen molar-refractivity contribution in [3.63, 3.8) is 0 Å². The van der Waals surface area contributed by atoms with Crippen molar-refractivity contribution in [2.24, 2.45) is 0 Å². The number of halogens is 3. The Morgan fingerprint density at radius 1 is 1.31 bits per heavy atom. The highest BCUT2D eigenvalue weighted by atomic mass is 19.4. The summed E-state index contributed by atoms with van der Waals surface area (Å²) in [6, 6.07) is 4.10. The molecule has 1 aromatic rings. The monoisotopic (exact) mass is 231 g/mol. The topological polar surface area (TPSA) is 12.9 Å². The van der Waals surface area contributed by atoms with Crippen molar-refractivity contribution >= 4 is 0 Å². The lowest BCUT2D eigenvalue weighted by Crippen LogP contribution is -2.10. The van der Waals surface area contributed by atoms with E-state index in [1.807, 2.05) is 6.92 Å². The molecule has 0 saturated carbocycles. The van der Waals surface area contributed by atoms with Crippen LogP contribution >= 0.6 is 0 Å². The highest BCUT2D eigenvalue weighted by molar-refractivity contribution is 5.16. The van der Waals surface area contributed by atoms with Crippen molar-refractivity contribution < 1.29 is 13.2 Å². The third kappa shape index (κ3) is 3.51. The zero-order valence-electron chi connectivity index (χ0n) is 9.51. The van der Waals surface area contributed by atoms with Gasteiger partial charge in [0, 0.05) is 5.69 Å². The number of alkyl halides is 3. The normalized spacial score (nSPS) is 13.8. The van der Waals surface area contributed by atoms with Crippen LogP contribution in [0.3, 0.4) is 0 Å². The second-order valence-electron chi connectivity index (χ2n) is 3.99. The van der Waals surface area contributed by atoms with E-state index in [2.05, 4.69) is 11.9 Å². The molecule has 1 rings (SSSR count). The smallest absolute Gasteiger partial charge is 0.248 e. The predicted octanol–water partition coefficient (Wildman–Crippen LogP) is 4.39. The number of nitrogens with zero attached hydrogens (tertiary/aromatic N) is 1. The first-order valence-electron chi connectivity index (χ1n) is 5.49. The maximum atomic E-state index is 12.4. The standard InChI is InChI=1S/C12H16F3N/c1-3-4-6-9(2)10-7-5-8-11(16-10)12(13,14)15/h5,7-9H,3-4,6H2,1-2H3. The molecule has 0 aromatic carbocycles. The average Bonchev–Trinajstić information content (AvgIpc) is 2.25. The Balaban J connectivity index is 2.82. The summed E-state index contributed by atoms with van der Waals surface area (Å²) >= 11 is 0. The Kier molecular flexibility index (Phi) is 4.33. The lowest BCUT2D eigenvalue weighted by Gasteiger charge is -2.12. The van der Waals surface area contributed by atoms with Crippen LogP contribution in [0.25, 0.3) is 0 Å². The average molecular weight is 231 g/mol. The molecule has 90 valence electrons. The molecule has 0 N–H and O–H groups in total. The van der Waals surface area contributed by atoms with Crippen molar-refractivity contribution in [3.8, 4) is 0 Å². The molecule has 0 bridgehead atoms. The highest BCUT2D eigenvalue weighted by Gasteiger charge is 2.32. The maximum absolute atomic E-state index is 12.4. The molecule has 0 aliphatic carbocycles. The van der Waals surface area contributed by atoms with Gasteiger partial charge in [0.2, 0.25) is 0 Å². The number of hydrogen-bond donors (Lipinski definition) is 0. The van der Waals surface area contributed by atoms with E-state index < -0.39 is 11.9 Å². The van der Waals surface area contributed by atoms with Crippen LogP contribution in [0.1, 0.15) is 50.4 Å². The van der Waals surface area contributed by atoms with Crippen LogP contribution in [0, 0.1) is 0 Å². The van der Waals surface area contributed by atoms with E-state index in [0.717, 1.165) is 25.3 Å². The van der Waals surface area contributed by atoms with Gasteiger partial charge in [-0.05, 0) is 24.5 Å². The molecular formula is C12H16F3N. The van der Waals surface area contributed by atoms with Gasteiger partial charge in [0.05, 0.1) is 0 Å². The molecular weight excluding hydrogens is 215 g/mol. The Labute approximate surface area is 93.7 Å². The Hall–Kier alpha value is -1.06. The minimum absolute atomic E-state index is 0.0854. The van der Waals surface area contributed by atoms with Gasteiger partial charge >= 0.3 is 6.18 Å². The van der Waals surface area contributed by atoms with Gasteiger partial charge in [-0.3, -0.25) is 0 Å². The lowest BCUT2D eigenvalue weighted by molar-refractivity contribution is -0.141. The SMILES string of the molecule is CCCCC(C)c1cccc(C(F)(F)F)n1. The predicted molar refractivity (Wildman–Crippen MR) is 57.2 cm³/mol. The third-order valence-corrected chi connectivity index (χ3v) is 2.56. The first kappa shape index (κ1) is 13.0. The zero-order valence-corrected chi connectivity index (χ0v) is 9.51. The van der Waals surface area contributed by atoms with Gasteiger partial charge in [0.15, 0.2) is 0 Å². The first-order chi connectivity index (χ1) is 7.45. The highest BCUT2D eigenvalue weighted by Crippen LogP contribution is 2.29. The number of unbranched alkanes of at least 4 members (excludes halogenated alkanes) is 1. The molecule has 0 aliphatic rings. The van der Waals surface area contributed by atoms with Crippen LogP contribution in [0.5, 0.6) is 0 Å². The van der Waals surface area contributed by atoms with E-state index in [9.17, 15) is 13.2 Å². The summed E-state index contributed by atoms with van der Waals surface area (Å²) in [7, 11) is 0. The quantitative estimate of drug-likeness (QED) is 0.748. The molecule has 4 heteroatoms. The molecule has 1 atom stereocenters. The second-order valence-corrected chi connectivity index (χ2v) is 3.99. The maximum Gasteiger partial charge on any atom is 0.433 e. The molecule has 16 heavy (non-hydrogen) atoms. The molecule has 0 amide bonds. The molecule has 0 spiro atoms. The third-order valence-electron chi connectivity index (χ3n) is 2.56. The number of aromatic nitrogens is 1. The molecule has 0 radical (unpaired) electrons. The van der Waals surface area contributed by atoms with Crippen LogP contribution < -0.4 is 0 Å². The van der Waals surface area contributed by atoms with E-state index in [0.29, 0.717) is 5.69 Å². The van der Waals surface area contributed by atoms with Crippen molar-refractivity contribution in [1.82, 2.24) is 4.98 Å². The van der Waals surface area contributed by atoms with Crippen molar-refractivity contribution in [1.29, 1.82) is 0 Å². The molecule has 1 heterocycles. The minimum atomic E-state index is -4.35. The second kappa shape index (κ2) is 5.32. The number of rotatable bonds is 4. The molecule has 0 saturated heterocycles. The van der Waals surface area contributed by atoms with Crippen molar-refractivity contribution in [2.75, 3.05) is 0 Å². The first-order valence-corrected chi connectivity index (χ1v) is 5.49. The number of hydrogen-bond acceptors (Lipinski definition) is 1. The largest absolute Gasteiger partial charge is 0.433 e. The van der Waals surface area contributed by atoms with Crippen LogP contribution in [0.4, 0.5) is 13.2 Å². The molecule has 0 fully saturated rings. The van der Waals surface area contributed by atoms with Gasteiger partial charge in [0.1, 0.15) is 5.69 Å². The summed E-state index contributed by atoms with van der Waals surface area (Å²) in [6.07, 6.45) is -1.41. The lowest BCUT2D eigenvalue weighted by atomic mass is 10.00. The van der Waals surface area contributed by atoms with E-state index in [4.69, 9.17) is 0 Å². The fourth-order valence-corrected chi connectivity index (χ4v) is 1.54. The molecule has 1 aromatic heterocycles. The van der Waals surface area contributed by atoms with Crippen LogP contribution in [-0.4, -0.2) is 4.98 Å². The van der Waals surface area contributed by atoms with Gasteiger partial charge in [-0.1, -0.05) is 32.8 Å². The summed E-state index contributed by atoms with van der Waals surface area (Å²) < 4.78 is 37.3. The Bertz CT molecular complexity index is 333. The van der Waals surface area contributed by atoms with E-state index in [-0.39, 0.29) is 5.92 Å². The van der Waals surface area contributed by atoms with Crippen LogP contribution in [0.15, 0.2) is 18.2 Å². The van der Waals surface area contributed by atoms with Gasteiger partial charge in [-0.25, -0.2) is 4.98 Å². The Morgan fingerprint density at radius 3 is 2.56 bits per heavy atom. The van der Waals surface area contributed by atoms with E-state index >= 15 is 0 Å².